The van der Waals surface area contributed by atoms with Gasteiger partial charge in [-0.1, -0.05) is 0 Å². The lowest BCUT2D eigenvalue weighted by molar-refractivity contribution is -0.529. The van der Waals surface area contributed by atoms with Crippen LogP contribution in [0.2, 0.25) is 0 Å². The molecule has 0 spiro atoms. The molecule has 11 heteroatoms. The number of alkyl halides is 2. The Labute approximate surface area is 181 Å². The van der Waals surface area contributed by atoms with Gasteiger partial charge in [0.15, 0.2) is 11.5 Å². The molecule has 1 saturated heterocycles. The lowest BCUT2D eigenvalue weighted by Gasteiger charge is -2.14. The molecule has 0 radical (unpaired) electrons. The van der Waals surface area contributed by atoms with Crippen molar-refractivity contribution in [2.75, 3.05) is 26.2 Å². The maximum atomic E-state index is 13.4. The van der Waals surface area contributed by atoms with Crippen LogP contribution >= 0.6 is 12.4 Å². The molecule has 0 saturated carbocycles. The summed E-state index contributed by atoms with van der Waals surface area (Å²) < 4.78 is 36.9. The van der Waals surface area contributed by atoms with Crippen LogP contribution in [-0.4, -0.2) is 48.3 Å². The number of hydrogen-bond acceptors (Lipinski definition) is 5. The van der Waals surface area contributed by atoms with E-state index in [1.807, 2.05) is 0 Å². The topological polar surface area (TPSA) is 87.8 Å². The molecule has 31 heavy (non-hydrogen) atoms. The van der Waals surface area contributed by atoms with Gasteiger partial charge in [0.2, 0.25) is 0 Å². The zero-order valence-corrected chi connectivity index (χ0v) is 17.1. The van der Waals surface area contributed by atoms with Gasteiger partial charge < -0.3 is 19.7 Å². The number of pyridine rings is 1. The third kappa shape index (κ3) is 3.88. The van der Waals surface area contributed by atoms with E-state index >= 15 is 0 Å². The number of amides is 1. The third-order valence-electron chi connectivity index (χ3n) is 5.39. The molecule has 3 aromatic rings. The maximum absolute atomic E-state index is 13.4. The minimum atomic E-state index is -3.78. The second-order valence-electron chi connectivity index (χ2n) is 7.39. The number of aromatic nitrogens is 2. The predicted molar refractivity (Wildman–Crippen MR) is 109 cm³/mol. The Morgan fingerprint density at radius 3 is 2.68 bits per heavy atom. The molecular weight excluding hydrogens is 434 g/mol. The van der Waals surface area contributed by atoms with E-state index in [2.05, 4.69) is 24.7 Å². The van der Waals surface area contributed by atoms with Gasteiger partial charge in [0, 0.05) is 25.2 Å². The van der Waals surface area contributed by atoms with Gasteiger partial charge in [0.05, 0.1) is 6.20 Å². The minimum absolute atomic E-state index is 0. The molecule has 0 unspecified atom stereocenters. The van der Waals surface area contributed by atoms with Crippen molar-refractivity contribution in [3.05, 3.63) is 46.4 Å². The highest BCUT2D eigenvalue weighted by Crippen LogP contribution is 2.42. The lowest BCUT2D eigenvalue weighted by Crippen LogP contribution is -2.43. The summed E-state index contributed by atoms with van der Waals surface area (Å²) in [6, 6.07) is 5.67. The Morgan fingerprint density at radius 2 is 1.94 bits per heavy atom. The molecule has 0 bridgehead atoms. The van der Waals surface area contributed by atoms with E-state index in [-0.39, 0.29) is 51.9 Å². The van der Waals surface area contributed by atoms with Crippen molar-refractivity contribution in [1.29, 1.82) is 0 Å². The van der Waals surface area contributed by atoms with Crippen LogP contribution in [0.4, 0.5) is 8.78 Å². The van der Waals surface area contributed by atoms with Crippen LogP contribution in [0, 0.1) is 0 Å². The van der Waals surface area contributed by atoms with Gasteiger partial charge in [0.1, 0.15) is 16.5 Å². The van der Waals surface area contributed by atoms with Crippen LogP contribution in [0.1, 0.15) is 23.2 Å². The average Bonchev–Trinajstić information content (AvgIpc) is 3.32. The van der Waals surface area contributed by atoms with Crippen molar-refractivity contribution >= 4 is 34.9 Å². The quantitative estimate of drug-likeness (QED) is 0.465. The third-order valence-corrected chi connectivity index (χ3v) is 5.39. The van der Waals surface area contributed by atoms with E-state index in [1.54, 1.807) is 12.1 Å². The summed E-state index contributed by atoms with van der Waals surface area (Å²) in [6.45, 7) is 3.33. The Morgan fingerprint density at radius 1 is 1.23 bits per heavy atom. The van der Waals surface area contributed by atoms with Crippen LogP contribution in [0.5, 0.6) is 11.5 Å². The normalized spacial score (nSPS) is 17.1. The van der Waals surface area contributed by atoms with Crippen LogP contribution < -0.4 is 24.8 Å². The van der Waals surface area contributed by atoms with E-state index in [1.165, 1.54) is 35.6 Å². The van der Waals surface area contributed by atoms with E-state index in [0.29, 0.717) is 6.54 Å². The molecule has 0 aliphatic carbocycles. The number of fused-ring (bicyclic) bond motifs is 3. The largest absolute Gasteiger partial charge is 0.586 e. The van der Waals surface area contributed by atoms with Gasteiger partial charge in [-0.25, -0.2) is 9.78 Å². The number of aromatic amines is 1. The zero-order valence-electron chi connectivity index (χ0n) is 16.3. The summed E-state index contributed by atoms with van der Waals surface area (Å²) in [5.74, 6) is -0.719. The van der Waals surface area contributed by atoms with Gasteiger partial charge in [-0.15, -0.1) is 21.2 Å². The van der Waals surface area contributed by atoms with E-state index < -0.39 is 11.9 Å². The van der Waals surface area contributed by atoms with Crippen LogP contribution in [0.3, 0.4) is 0 Å². The number of H-pyrrole nitrogens is 1. The Kier molecular flexibility index (Phi) is 5.44. The monoisotopic (exact) mass is 453 g/mol. The fourth-order valence-electron chi connectivity index (χ4n) is 3.95. The molecule has 0 atom stereocenters. The van der Waals surface area contributed by atoms with Crippen LogP contribution in [0.25, 0.3) is 16.6 Å². The number of benzene rings is 1. The molecule has 2 aliphatic rings. The molecular formula is C20H20ClF2N4O4+. The highest BCUT2D eigenvalue weighted by atomic mass is 35.5. The fraction of sp³-hybridized carbons (Fsp3) is 0.350. The van der Waals surface area contributed by atoms with E-state index in [4.69, 9.17) is 0 Å². The second-order valence-corrected chi connectivity index (χ2v) is 7.39. The highest BCUT2D eigenvalue weighted by Gasteiger charge is 2.44. The number of nitrogens with zero attached hydrogens (tertiary/aromatic N) is 2. The lowest BCUT2D eigenvalue weighted by atomic mass is 10.2. The number of ether oxygens (including phenoxy) is 2. The van der Waals surface area contributed by atoms with Crippen molar-refractivity contribution in [1.82, 2.24) is 15.2 Å². The first kappa shape index (κ1) is 21.3. The molecule has 8 nitrogen and oxygen atoms in total. The smallest absolute Gasteiger partial charge is 0.395 e. The maximum Gasteiger partial charge on any atom is 0.586 e. The van der Waals surface area contributed by atoms with Crippen LogP contribution in [0.15, 0.2) is 35.3 Å². The Hall–Kier alpha value is -2.98. The SMILES string of the molecule is Cl.O=C(NCCN1CCCC1)c1ccc[n+]2c(=O)c3cc4c(cc3[nH]c12)OC(F)(F)O4. The number of carbonyl (C=O) groups is 1. The number of nitrogens with one attached hydrogen (secondary N) is 2. The van der Waals surface area contributed by atoms with Crippen molar-refractivity contribution in [2.45, 2.75) is 19.1 Å². The first-order valence-electron chi connectivity index (χ1n) is 9.72. The first-order chi connectivity index (χ1) is 14.4. The van der Waals surface area contributed by atoms with Crippen molar-refractivity contribution in [3.8, 4) is 11.5 Å². The molecule has 1 fully saturated rings. The first-order valence-corrected chi connectivity index (χ1v) is 9.72. The van der Waals surface area contributed by atoms with E-state index in [0.717, 1.165) is 19.6 Å². The number of halogens is 3. The molecule has 2 aliphatic heterocycles. The van der Waals surface area contributed by atoms with Crippen molar-refractivity contribution in [2.24, 2.45) is 0 Å². The number of hydrogen-bond donors (Lipinski definition) is 2. The zero-order chi connectivity index (χ0) is 20.9. The van der Waals surface area contributed by atoms with Crippen LogP contribution in [-0.2, 0) is 0 Å². The summed E-state index contributed by atoms with van der Waals surface area (Å²) in [6.07, 6.45) is 0.0722. The van der Waals surface area contributed by atoms with Gasteiger partial charge in [-0.3, -0.25) is 4.79 Å². The summed E-state index contributed by atoms with van der Waals surface area (Å²) in [4.78, 5) is 31.0. The molecule has 1 aromatic carbocycles. The van der Waals surface area contributed by atoms with Gasteiger partial charge in [0.25, 0.3) is 11.6 Å². The summed E-state index contributed by atoms with van der Waals surface area (Å²) in [5, 5.41) is 3.02. The summed E-state index contributed by atoms with van der Waals surface area (Å²) in [5.41, 5.74) is 0.338. The van der Waals surface area contributed by atoms with Crippen molar-refractivity contribution < 1.29 is 27.4 Å². The molecule has 164 valence electrons. The molecule has 1 amide bonds. The number of rotatable bonds is 4. The highest BCUT2D eigenvalue weighted by molar-refractivity contribution is 5.99. The average molecular weight is 454 g/mol. The van der Waals surface area contributed by atoms with E-state index in [9.17, 15) is 18.4 Å². The molecule has 2 aromatic heterocycles. The van der Waals surface area contributed by atoms with Crippen molar-refractivity contribution in [3.63, 3.8) is 0 Å². The molecule has 4 heterocycles. The van der Waals surface area contributed by atoms with Gasteiger partial charge >= 0.3 is 11.9 Å². The Bertz CT molecular complexity index is 1230. The summed E-state index contributed by atoms with van der Waals surface area (Å²) >= 11 is 0. The number of carbonyl (C=O) groups excluding carboxylic acids is 1. The number of likely N-dealkylation sites (tertiary alicyclic amines) is 1. The predicted octanol–water partition coefficient (Wildman–Crippen LogP) is 1.84. The summed E-state index contributed by atoms with van der Waals surface area (Å²) in [7, 11) is 0. The fourth-order valence-corrected chi connectivity index (χ4v) is 3.95. The minimum Gasteiger partial charge on any atom is -0.395 e. The van der Waals surface area contributed by atoms with Gasteiger partial charge in [-0.2, -0.15) is 4.40 Å². The van der Waals surface area contributed by atoms with Gasteiger partial charge in [-0.05, 0) is 38.1 Å². The molecule has 5 rings (SSSR count). The Balaban J connectivity index is 0.00000231. The standard InChI is InChI=1S/C20H18F2N4O4.ClH/c21-20(22)29-15-10-13-14(11-16(15)30-20)24-17-12(4-3-8-26(17)19(13)28)18(27)23-5-9-25-6-1-2-7-25;/h3-4,8,10-11H,1-2,5-7,9H2,(H,23,27);1H/p+1. The molecule has 2 N–H and O–H groups in total. The second kappa shape index (κ2) is 7.93.